The highest BCUT2D eigenvalue weighted by atomic mass is 35.5. The smallest absolute Gasteiger partial charge is 0.253 e. The molecule has 98 valence electrons. The Kier molecular flexibility index (Phi) is 3.90. The van der Waals surface area contributed by atoms with Crippen molar-refractivity contribution in [2.24, 2.45) is 5.73 Å². The Bertz CT molecular complexity index is 453. The van der Waals surface area contributed by atoms with Gasteiger partial charge in [0, 0.05) is 6.54 Å². The van der Waals surface area contributed by atoms with Crippen molar-refractivity contribution in [3.05, 3.63) is 28.3 Å². The Morgan fingerprint density at radius 1 is 1.50 bits per heavy atom. The normalized spacial score (nSPS) is 20.3. The summed E-state index contributed by atoms with van der Waals surface area (Å²) in [6, 6.07) is 3.72. The molecule has 0 aliphatic carbocycles. The standard InChI is InChI=1S/C13H17ClN2O2/c1-8-3-9(2)13(11(14)4-8)16-10(5-15)6-18-7-12(16)17/h3-4,10H,5-7,15H2,1-2H3. The van der Waals surface area contributed by atoms with Gasteiger partial charge < -0.3 is 15.4 Å². The van der Waals surface area contributed by atoms with Gasteiger partial charge in [0.05, 0.1) is 23.4 Å². The number of ether oxygens (including phenoxy) is 1. The summed E-state index contributed by atoms with van der Waals surface area (Å²) in [6.45, 7) is 4.82. The molecule has 1 heterocycles. The predicted octanol–water partition coefficient (Wildman–Crippen LogP) is 1.65. The molecule has 5 heteroatoms. The zero-order valence-electron chi connectivity index (χ0n) is 10.6. The molecule has 2 rings (SSSR count). The first-order valence-electron chi connectivity index (χ1n) is 5.91. The zero-order chi connectivity index (χ0) is 13.3. The second-order valence-corrected chi connectivity index (χ2v) is 4.99. The zero-order valence-corrected chi connectivity index (χ0v) is 11.3. The Labute approximate surface area is 112 Å². The van der Waals surface area contributed by atoms with Crippen molar-refractivity contribution in [1.82, 2.24) is 0 Å². The van der Waals surface area contributed by atoms with Gasteiger partial charge in [-0.25, -0.2) is 0 Å². The van der Waals surface area contributed by atoms with E-state index in [1.165, 1.54) is 0 Å². The number of carbonyl (C=O) groups is 1. The van der Waals surface area contributed by atoms with Crippen LogP contribution in [-0.2, 0) is 9.53 Å². The molecule has 2 N–H and O–H groups in total. The molecule has 1 unspecified atom stereocenters. The molecule has 1 saturated heterocycles. The number of rotatable bonds is 2. The molecule has 1 fully saturated rings. The maximum atomic E-state index is 12.0. The second-order valence-electron chi connectivity index (χ2n) is 4.58. The minimum Gasteiger partial charge on any atom is -0.369 e. The van der Waals surface area contributed by atoms with Crippen LogP contribution in [0.4, 0.5) is 5.69 Å². The third kappa shape index (κ3) is 2.36. The first-order valence-corrected chi connectivity index (χ1v) is 6.29. The molecule has 1 amide bonds. The van der Waals surface area contributed by atoms with E-state index in [0.29, 0.717) is 18.2 Å². The molecule has 0 spiro atoms. The Hall–Kier alpha value is -1.10. The highest BCUT2D eigenvalue weighted by molar-refractivity contribution is 6.34. The summed E-state index contributed by atoms with van der Waals surface area (Å²) in [4.78, 5) is 13.7. The SMILES string of the molecule is Cc1cc(C)c(N2C(=O)COCC2CN)c(Cl)c1. The lowest BCUT2D eigenvalue weighted by Gasteiger charge is -2.36. The van der Waals surface area contributed by atoms with E-state index in [9.17, 15) is 4.79 Å². The Morgan fingerprint density at radius 2 is 2.22 bits per heavy atom. The van der Waals surface area contributed by atoms with Gasteiger partial charge in [0.1, 0.15) is 6.61 Å². The first kappa shape index (κ1) is 13.3. The van der Waals surface area contributed by atoms with Crippen molar-refractivity contribution < 1.29 is 9.53 Å². The van der Waals surface area contributed by atoms with Crippen molar-refractivity contribution in [2.75, 3.05) is 24.7 Å². The number of hydrogen-bond acceptors (Lipinski definition) is 3. The molecule has 1 aromatic carbocycles. The van der Waals surface area contributed by atoms with E-state index < -0.39 is 0 Å². The van der Waals surface area contributed by atoms with Crippen LogP contribution in [0.25, 0.3) is 0 Å². The van der Waals surface area contributed by atoms with Gasteiger partial charge in [0.15, 0.2) is 0 Å². The first-order chi connectivity index (χ1) is 8.54. The van der Waals surface area contributed by atoms with Crippen LogP contribution in [-0.4, -0.2) is 31.7 Å². The quantitative estimate of drug-likeness (QED) is 0.887. The van der Waals surface area contributed by atoms with Gasteiger partial charge in [0.2, 0.25) is 0 Å². The van der Waals surface area contributed by atoms with Gasteiger partial charge in [0.25, 0.3) is 5.91 Å². The maximum absolute atomic E-state index is 12.0. The van der Waals surface area contributed by atoms with Crippen LogP contribution in [0, 0.1) is 13.8 Å². The molecule has 0 radical (unpaired) electrons. The summed E-state index contributed by atoms with van der Waals surface area (Å²) in [5.74, 6) is -0.0921. The van der Waals surface area contributed by atoms with Crippen molar-refractivity contribution in [1.29, 1.82) is 0 Å². The summed E-state index contributed by atoms with van der Waals surface area (Å²) in [5.41, 5.74) is 8.52. The number of benzene rings is 1. The average Bonchev–Trinajstić information content (AvgIpc) is 2.29. The molecule has 0 bridgehead atoms. The number of aryl methyl sites for hydroxylation is 2. The molecule has 18 heavy (non-hydrogen) atoms. The fraction of sp³-hybridized carbons (Fsp3) is 0.462. The highest BCUT2D eigenvalue weighted by Crippen LogP contribution is 2.33. The van der Waals surface area contributed by atoms with E-state index in [4.69, 9.17) is 22.1 Å². The van der Waals surface area contributed by atoms with Crippen LogP contribution >= 0.6 is 11.6 Å². The molecule has 0 aromatic heterocycles. The summed E-state index contributed by atoms with van der Waals surface area (Å²) in [5, 5.41) is 0.584. The van der Waals surface area contributed by atoms with Crippen molar-refractivity contribution in [3.63, 3.8) is 0 Å². The molecular weight excluding hydrogens is 252 g/mol. The molecular formula is C13H17ClN2O2. The number of amides is 1. The Balaban J connectivity index is 2.48. The highest BCUT2D eigenvalue weighted by Gasteiger charge is 2.31. The molecule has 1 aliphatic heterocycles. The van der Waals surface area contributed by atoms with Crippen LogP contribution in [0.5, 0.6) is 0 Å². The van der Waals surface area contributed by atoms with Gasteiger partial charge in [-0.15, -0.1) is 0 Å². The summed E-state index contributed by atoms with van der Waals surface area (Å²) in [7, 11) is 0. The lowest BCUT2D eigenvalue weighted by molar-refractivity contribution is -0.127. The summed E-state index contributed by atoms with van der Waals surface area (Å²) < 4.78 is 5.23. The second kappa shape index (κ2) is 5.26. The van der Waals surface area contributed by atoms with Gasteiger partial charge in [-0.3, -0.25) is 4.79 Å². The predicted molar refractivity (Wildman–Crippen MR) is 72.1 cm³/mol. The number of nitrogens with zero attached hydrogens (tertiary/aromatic N) is 1. The van der Waals surface area contributed by atoms with Crippen LogP contribution < -0.4 is 10.6 Å². The lowest BCUT2D eigenvalue weighted by Crippen LogP contribution is -2.53. The number of carbonyl (C=O) groups excluding carboxylic acids is 1. The topological polar surface area (TPSA) is 55.6 Å². The van der Waals surface area contributed by atoms with Gasteiger partial charge in [-0.2, -0.15) is 0 Å². The molecule has 1 aromatic rings. The van der Waals surface area contributed by atoms with Crippen LogP contribution in [0.15, 0.2) is 12.1 Å². The molecule has 1 atom stereocenters. The molecule has 4 nitrogen and oxygen atoms in total. The fourth-order valence-corrected chi connectivity index (χ4v) is 2.74. The third-order valence-electron chi connectivity index (χ3n) is 3.08. The number of halogens is 1. The lowest BCUT2D eigenvalue weighted by atomic mass is 10.1. The number of morpholine rings is 1. The molecule has 0 saturated carbocycles. The monoisotopic (exact) mass is 268 g/mol. The van der Waals surface area contributed by atoms with Crippen LogP contribution in [0.3, 0.4) is 0 Å². The average molecular weight is 269 g/mol. The summed E-state index contributed by atoms with van der Waals surface area (Å²) in [6.07, 6.45) is 0. The minimum atomic E-state index is -0.148. The van der Waals surface area contributed by atoms with Gasteiger partial charge >= 0.3 is 0 Å². The van der Waals surface area contributed by atoms with E-state index in [2.05, 4.69) is 0 Å². The van der Waals surface area contributed by atoms with Crippen molar-refractivity contribution in [2.45, 2.75) is 19.9 Å². The van der Waals surface area contributed by atoms with Crippen LogP contribution in [0.2, 0.25) is 5.02 Å². The maximum Gasteiger partial charge on any atom is 0.253 e. The number of hydrogen-bond donors (Lipinski definition) is 1. The van der Waals surface area contributed by atoms with Crippen molar-refractivity contribution in [3.8, 4) is 0 Å². The van der Waals surface area contributed by atoms with Crippen LogP contribution in [0.1, 0.15) is 11.1 Å². The Morgan fingerprint density at radius 3 is 2.83 bits per heavy atom. The largest absolute Gasteiger partial charge is 0.369 e. The van der Waals surface area contributed by atoms with Gasteiger partial charge in [-0.05, 0) is 31.0 Å². The van der Waals surface area contributed by atoms with E-state index in [-0.39, 0.29) is 18.6 Å². The molecule has 1 aliphatic rings. The number of nitrogens with two attached hydrogens (primary N) is 1. The van der Waals surface area contributed by atoms with E-state index in [0.717, 1.165) is 16.8 Å². The summed E-state index contributed by atoms with van der Waals surface area (Å²) >= 11 is 6.28. The van der Waals surface area contributed by atoms with E-state index >= 15 is 0 Å². The fourth-order valence-electron chi connectivity index (χ4n) is 2.32. The van der Waals surface area contributed by atoms with Crippen molar-refractivity contribution >= 4 is 23.2 Å². The van der Waals surface area contributed by atoms with E-state index in [1.54, 1.807) is 4.90 Å². The van der Waals surface area contributed by atoms with E-state index in [1.807, 2.05) is 26.0 Å². The number of anilines is 1. The van der Waals surface area contributed by atoms with Gasteiger partial charge in [-0.1, -0.05) is 17.7 Å². The third-order valence-corrected chi connectivity index (χ3v) is 3.37. The minimum absolute atomic E-state index is 0.0835.